The number of sulfonamides is 1. The highest BCUT2D eigenvalue weighted by atomic mass is 32.2. The molecule has 0 aliphatic carbocycles. The molecule has 1 atom stereocenters. The third kappa shape index (κ3) is 7.41. The number of amides is 2. The van der Waals surface area contributed by atoms with Crippen LogP contribution in [0.15, 0.2) is 65.6 Å². The van der Waals surface area contributed by atoms with Crippen molar-refractivity contribution in [1.29, 1.82) is 0 Å². The summed E-state index contributed by atoms with van der Waals surface area (Å²) in [5.41, 5.74) is 4.98. The van der Waals surface area contributed by atoms with Crippen molar-refractivity contribution >= 4 is 27.7 Å². The molecule has 0 fully saturated rings. The number of nitrogens with one attached hydrogen (secondary N) is 3. The molecule has 0 saturated carbocycles. The molecule has 3 aromatic rings. The number of aryl methyl sites for hydroxylation is 3. The number of urea groups is 1. The Kier molecular flexibility index (Phi) is 9.07. The van der Waals surface area contributed by atoms with Crippen molar-refractivity contribution in [3.05, 3.63) is 82.9 Å². The van der Waals surface area contributed by atoms with Gasteiger partial charge in [0.05, 0.1) is 4.90 Å². The highest BCUT2D eigenvalue weighted by Crippen LogP contribution is 2.25. The first kappa shape index (κ1) is 27.9. The number of carbonyl (C=O) groups is 2. The van der Waals surface area contributed by atoms with Crippen LogP contribution in [0.4, 0.5) is 10.5 Å². The van der Waals surface area contributed by atoms with Gasteiger partial charge < -0.3 is 15.7 Å². The van der Waals surface area contributed by atoms with Gasteiger partial charge in [0.15, 0.2) is 0 Å². The number of benzene rings is 3. The molecule has 0 unspecified atom stereocenters. The SMILES string of the molecule is CCCNC(=O)Nc1cccc(-c2cccc(C[C@H](NS(=O)(=O)c3c(C)cc(C)cc3C)C(=O)O)c2)c1. The topological polar surface area (TPSA) is 125 Å². The monoisotopic (exact) mass is 523 g/mol. The normalized spacial score (nSPS) is 12.1. The van der Waals surface area contributed by atoms with E-state index < -0.39 is 22.0 Å². The molecule has 0 aromatic heterocycles. The van der Waals surface area contributed by atoms with E-state index in [0.717, 1.165) is 23.1 Å². The van der Waals surface area contributed by atoms with Gasteiger partial charge in [0.1, 0.15) is 6.04 Å². The number of carboxylic acid groups (broad SMARTS) is 1. The first-order valence-corrected chi connectivity index (χ1v) is 13.6. The zero-order chi connectivity index (χ0) is 27.2. The molecule has 37 heavy (non-hydrogen) atoms. The Bertz CT molecular complexity index is 1380. The molecule has 4 N–H and O–H groups in total. The lowest BCUT2D eigenvalue weighted by Gasteiger charge is -2.18. The van der Waals surface area contributed by atoms with E-state index in [2.05, 4.69) is 15.4 Å². The molecule has 0 bridgehead atoms. The average Bonchev–Trinajstić information content (AvgIpc) is 2.81. The molecular formula is C28H33N3O5S. The Morgan fingerprint density at radius 2 is 1.54 bits per heavy atom. The maximum Gasteiger partial charge on any atom is 0.322 e. The summed E-state index contributed by atoms with van der Waals surface area (Å²) in [6.45, 7) is 7.82. The fraction of sp³-hybridized carbons (Fsp3) is 0.286. The lowest BCUT2D eigenvalue weighted by atomic mass is 9.99. The van der Waals surface area contributed by atoms with Crippen LogP contribution in [-0.2, 0) is 21.2 Å². The lowest BCUT2D eigenvalue weighted by molar-refractivity contribution is -0.138. The smallest absolute Gasteiger partial charge is 0.322 e. The van der Waals surface area contributed by atoms with Crippen molar-refractivity contribution in [3.63, 3.8) is 0 Å². The van der Waals surface area contributed by atoms with Crippen molar-refractivity contribution < 1.29 is 23.1 Å². The summed E-state index contributed by atoms with van der Waals surface area (Å²) >= 11 is 0. The molecule has 0 heterocycles. The molecule has 8 nitrogen and oxygen atoms in total. The van der Waals surface area contributed by atoms with E-state index in [4.69, 9.17) is 0 Å². The van der Waals surface area contributed by atoms with Crippen LogP contribution in [-0.4, -0.2) is 38.1 Å². The largest absolute Gasteiger partial charge is 0.480 e. The summed E-state index contributed by atoms with van der Waals surface area (Å²) in [6.07, 6.45) is 0.793. The second-order valence-electron chi connectivity index (χ2n) is 9.11. The molecule has 9 heteroatoms. The molecule has 0 saturated heterocycles. The molecule has 3 aromatic carbocycles. The lowest BCUT2D eigenvalue weighted by Crippen LogP contribution is -2.42. The van der Waals surface area contributed by atoms with Crippen LogP contribution in [0.2, 0.25) is 0 Å². The molecule has 2 amide bonds. The van der Waals surface area contributed by atoms with Gasteiger partial charge in [-0.1, -0.05) is 61.0 Å². The third-order valence-electron chi connectivity index (χ3n) is 5.83. The van der Waals surface area contributed by atoms with Gasteiger partial charge >= 0.3 is 12.0 Å². The fourth-order valence-electron chi connectivity index (χ4n) is 4.32. The van der Waals surface area contributed by atoms with E-state index in [1.807, 2.05) is 44.2 Å². The van der Waals surface area contributed by atoms with Gasteiger partial charge in [0, 0.05) is 12.2 Å². The van der Waals surface area contributed by atoms with E-state index in [0.29, 0.717) is 28.9 Å². The zero-order valence-electron chi connectivity index (χ0n) is 21.5. The quantitative estimate of drug-likeness (QED) is 0.304. The number of aliphatic carboxylic acids is 1. The summed E-state index contributed by atoms with van der Waals surface area (Å²) in [4.78, 5) is 24.1. The first-order valence-electron chi connectivity index (χ1n) is 12.1. The molecule has 0 radical (unpaired) electrons. The fourth-order valence-corrected chi connectivity index (χ4v) is 5.96. The molecule has 3 rings (SSSR count). The second-order valence-corrected chi connectivity index (χ2v) is 10.8. The molecule has 0 aliphatic rings. The van der Waals surface area contributed by atoms with Crippen molar-refractivity contribution in [2.45, 2.75) is 51.5 Å². The van der Waals surface area contributed by atoms with Gasteiger partial charge in [-0.05, 0) is 73.6 Å². The number of hydrogen-bond acceptors (Lipinski definition) is 4. The molecule has 0 spiro atoms. The summed E-state index contributed by atoms with van der Waals surface area (Å²) in [5.74, 6) is -1.26. The van der Waals surface area contributed by atoms with Crippen molar-refractivity contribution in [1.82, 2.24) is 10.0 Å². The van der Waals surface area contributed by atoms with Crippen LogP contribution in [0, 0.1) is 20.8 Å². The Hall–Kier alpha value is -3.69. The molecule has 196 valence electrons. The van der Waals surface area contributed by atoms with E-state index in [9.17, 15) is 23.1 Å². The molecule has 0 aliphatic heterocycles. The van der Waals surface area contributed by atoms with Gasteiger partial charge in [0.2, 0.25) is 10.0 Å². The Labute approximate surface area is 218 Å². The first-order chi connectivity index (χ1) is 17.5. The Morgan fingerprint density at radius 1 is 0.919 bits per heavy atom. The summed E-state index contributed by atoms with van der Waals surface area (Å²) < 4.78 is 28.7. The predicted molar refractivity (Wildman–Crippen MR) is 145 cm³/mol. The second kappa shape index (κ2) is 12.0. The predicted octanol–water partition coefficient (Wildman–Crippen LogP) is 4.78. The van der Waals surface area contributed by atoms with Crippen LogP contribution >= 0.6 is 0 Å². The maximum absolute atomic E-state index is 13.2. The van der Waals surface area contributed by atoms with Crippen molar-refractivity contribution in [3.8, 4) is 11.1 Å². The number of anilines is 1. The maximum atomic E-state index is 13.2. The third-order valence-corrected chi connectivity index (χ3v) is 7.60. The van der Waals surface area contributed by atoms with Crippen LogP contribution < -0.4 is 15.4 Å². The van der Waals surface area contributed by atoms with E-state index in [-0.39, 0.29) is 17.3 Å². The standard InChI is InChI=1S/C28H33N3O5S/c1-5-12-29-28(34)30-24-11-7-10-23(17-24)22-9-6-8-21(15-22)16-25(27(32)33)31-37(35,36)26-19(3)13-18(2)14-20(26)4/h6-11,13-15,17,25,31H,5,12,16H2,1-4H3,(H,32,33)(H2,29,30,34)/t25-/m0/s1. The molecular weight excluding hydrogens is 490 g/mol. The number of rotatable bonds is 10. The van der Waals surface area contributed by atoms with Gasteiger partial charge in [-0.3, -0.25) is 4.79 Å². The van der Waals surface area contributed by atoms with Crippen LogP contribution in [0.5, 0.6) is 0 Å². The highest BCUT2D eigenvalue weighted by molar-refractivity contribution is 7.89. The summed E-state index contributed by atoms with van der Waals surface area (Å²) in [7, 11) is -4.07. The summed E-state index contributed by atoms with van der Waals surface area (Å²) in [6, 6.07) is 16.4. The Balaban J connectivity index is 1.82. The van der Waals surface area contributed by atoms with Gasteiger partial charge in [-0.15, -0.1) is 0 Å². The van der Waals surface area contributed by atoms with Crippen LogP contribution in [0.25, 0.3) is 11.1 Å². The Morgan fingerprint density at radius 3 is 2.16 bits per heavy atom. The van der Waals surface area contributed by atoms with Crippen molar-refractivity contribution in [2.75, 3.05) is 11.9 Å². The number of carboxylic acids is 1. The zero-order valence-corrected chi connectivity index (χ0v) is 22.3. The average molecular weight is 524 g/mol. The van der Waals surface area contributed by atoms with E-state index >= 15 is 0 Å². The minimum absolute atomic E-state index is 0.0380. The van der Waals surface area contributed by atoms with E-state index in [1.165, 1.54) is 0 Å². The van der Waals surface area contributed by atoms with Crippen LogP contribution in [0.3, 0.4) is 0 Å². The van der Waals surface area contributed by atoms with Gasteiger partial charge in [-0.25, -0.2) is 13.2 Å². The van der Waals surface area contributed by atoms with E-state index in [1.54, 1.807) is 44.2 Å². The number of hydrogen-bond donors (Lipinski definition) is 4. The van der Waals surface area contributed by atoms with Crippen LogP contribution in [0.1, 0.15) is 35.6 Å². The van der Waals surface area contributed by atoms with Gasteiger partial charge in [0.25, 0.3) is 0 Å². The van der Waals surface area contributed by atoms with Gasteiger partial charge in [-0.2, -0.15) is 4.72 Å². The van der Waals surface area contributed by atoms with Crippen molar-refractivity contribution in [2.24, 2.45) is 0 Å². The summed E-state index contributed by atoms with van der Waals surface area (Å²) in [5, 5.41) is 15.4. The minimum Gasteiger partial charge on any atom is -0.480 e. The number of carbonyl (C=O) groups excluding carboxylic acids is 1. The minimum atomic E-state index is -4.07. The highest BCUT2D eigenvalue weighted by Gasteiger charge is 2.28.